The molecule has 0 aromatic rings. The maximum Gasteiger partial charge on any atom is -0.0360 e. The SMILES string of the molecule is CCCCC(CC)CC(C(C)C)C1CCCCC1. The van der Waals surface area contributed by atoms with Crippen molar-refractivity contribution in [3.05, 3.63) is 0 Å². The average Bonchev–Trinajstić information content (AvgIpc) is 2.39. The minimum atomic E-state index is 0.892. The fourth-order valence-corrected chi connectivity index (χ4v) is 3.94. The van der Waals surface area contributed by atoms with Crippen molar-refractivity contribution in [2.45, 2.75) is 91.9 Å². The third-order valence-electron chi connectivity index (χ3n) is 5.26. The highest BCUT2D eigenvalue weighted by Crippen LogP contribution is 2.38. The molecule has 0 spiro atoms. The third kappa shape index (κ3) is 5.33. The first-order chi connectivity index (χ1) is 8.69. The Balaban J connectivity index is 2.49. The highest BCUT2D eigenvalue weighted by molar-refractivity contribution is 4.78. The highest BCUT2D eigenvalue weighted by atomic mass is 14.3. The summed E-state index contributed by atoms with van der Waals surface area (Å²) in [5, 5.41) is 0. The van der Waals surface area contributed by atoms with Gasteiger partial charge in [0.15, 0.2) is 0 Å². The third-order valence-corrected chi connectivity index (χ3v) is 5.26. The molecular weight excluding hydrogens is 216 g/mol. The van der Waals surface area contributed by atoms with Crippen molar-refractivity contribution in [3.8, 4) is 0 Å². The molecule has 0 amide bonds. The second kappa shape index (κ2) is 8.99. The molecule has 1 rings (SSSR count). The van der Waals surface area contributed by atoms with E-state index >= 15 is 0 Å². The first kappa shape index (κ1) is 16.1. The number of rotatable bonds is 8. The molecule has 2 atom stereocenters. The first-order valence-corrected chi connectivity index (χ1v) is 8.69. The zero-order chi connectivity index (χ0) is 13.4. The number of unbranched alkanes of at least 4 members (excludes halogenated alkanes) is 1. The normalized spacial score (nSPS) is 21.2. The highest BCUT2D eigenvalue weighted by Gasteiger charge is 2.27. The van der Waals surface area contributed by atoms with Crippen molar-refractivity contribution in [2.24, 2.45) is 23.7 Å². The van der Waals surface area contributed by atoms with E-state index in [1.54, 1.807) is 0 Å². The van der Waals surface area contributed by atoms with Crippen molar-refractivity contribution >= 4 is 0 Å². The molecule has 0 radical (unpaired) electrons. The van der Waals surface area contributed by atoms with E-state index in [-0.39, 0.29) is 0 Å². The van der Waals surface area contributed by atoms with Crippen LogP contribution in [0.1, 0.15) is 91.9 Å². The Bertz CT molecular complexity index is 188. The van der Waals surface area contributed by atoms with Crippen LogP contribution in [0.5, 0.6) is 0 Å². The van der Waals surface area contributed by atoms with Gasteiger partial charge in [0.25, 0.3) is 0 Å². The Morgan fingerprint density at radius 1 is 1.00 bits per heavy atom. The van der Waals surface area contributed by atoms with Gasteiger partial charge in [-0.05, 0) is 30.1 Å². The van der Waals surface area contributed by atoms with Crippen LogP contribution in [0.25, 0.3) is 0 Å². The van der Waals surface area contributed by atoms with E-state index in [0.29, 0.717) is 0 Å². The molecule has 1 fully saturated rings. The molecule has 0 N–H and O–H groups in total. The van der Waals surface area contributed by atoms with Crippen molar-refractivity contribution in [3.63, 3.8) is 0 Å². The van der Waals surface area contributed by atoms with Crippen LogP contribution in [0.3, 0.4) is 0 Å². The predicted octanol–water partition coefficient (Wildman–Crippen LogP) is 6.45. The fraction of sp³-hybridized carbons (Fsp3) is 1.00. The van der Waals surface area contributed by atoms with Crippen LogP contribution in [0, 0.1) is 23.7 Å². The van der Waals surface area contributed by atoms with E-state index in [1.807, 2.05) is 0 Å². The van der Waals surface area contributed by atoms with Crippen LogP contribution < -0.4 is 0 Å². The van der Waals surface area contributed by atoms with Crippen LogP contribution >= 0.6 is 0 Å². The van der Waals surface area contributed by atoms with Gasteiger partial charge >= 0.3 is 0 Å². The lowest BCUT2D eigenvalue weighted by Gasteiger charge is -2.35. The Morgan fingerprint density at radius 3 is 2.17 bits per heavy atom. The smallest absolute Gasteiger partial charge is 0.0360 e. The Morgan fingerprint density at radius 2 is 1.67 bits per heavy atom. The molecule has 1 aliphatic carbocycles. The quantitative estimate of drug-likeness (QED) is 0.466. The van der Waals surface area contributed by atoms with Gasteiger partial charge in [-0.3, -0.25) is 0 Å². The van der Waals surface area contributed by atoms with E-state index < -0.39 is 0 Å². The van der Waals surface area contributed by atoms with Crippen LogP contribution in [-0.2, 0) is 0 Å². The molecule has 0 aromatic carbocycles. The van der Waals surface area contributed by atoms with Crippen LogP contribution in [0.15, 0.2) is 0 Å². The standard InChI is InChI=1S/C18H36/c1-5-7-11-16(6-2)14-18(15(3)4)17-12-9-8-10-13-17/h15-18H,5-14H2,1-4H3. The van der Waals surface area contributed by atoms with Gasteiger partial charge in [0.2, 0.25) is 0 Å². The Kier molecular flexibility index (Phi) is 8.02. The molecule has 108 valence electrons. The summed E-state index contributed by atoms with van der Waals surface area (Å²) in [6.07, 6.45) is 14.7. The zero-order valence-electron chi connectivity index (χ0n) is 13.4. The molecule has 18 heavy (non-hydrogen) atoms. The fourth-order valence-electron chi connectivity index (χ4n) is 3.94. The molecule has 0 heteroatoms. The van der Waals surface area contributed by atoms with Gasteiger partial charge in [0, 0.05) is 0 Å². The molecule has 0 saturated heterocycles. The maximum atomic E-state index is 2.46. The second-order valence-electron chi connectivity index (χ2n) is 6.96. The average molecular weight is 252 g/mol. The lowest BCUT2D eigenvalue weighted by molar-refractivity contribution is 0.156. The molecule has 1 saturated carbocycles. The van der Waals surface area contributed by atoms with Crippen molar-refractivity contribution in [2.75, 3.05) is 0 Å². The second-order valence-corrected chi connectivity index (χ2v) is 6.96. The van der Waals surface area contributed by atoms with Gasteiger partial charge in [-0.2, -0.15) is 0 Å². The zero-order valence-corrected chi connectivity index (χ0v) is 13.4. The van der Waals surface area contributed by atoms with Gasteiger partial charge in [0.05, 0.1) is 0 Å². The summed E-state index contributed by atoms with van der Waals surface area (Å²) in [6.45, 7) is 9.66. The van der Waals surface area contributed by atoms with Crippen molar-refractivity contribution < 1.29 is 0 Å². The summed E-state index contributed by atoms with van der Waals surface area (Å²) >= 11 is 0. The predicted molar refractivity (Wildman–Crippen MR) is 82.8 cm³/mol. The number of hydrogen-bond acceptors (Lipinski definition) is 0. The molecule has 0 bridgehead atoms. The molecule has 1 aliphatic rings. The van der Waals surface area contributed by atoms with E-state index in [4.69, 9.17) is 0 Å². The van der Waals surface area contributed by atoms with E-state index in [2.05, 4.69) is 27.7 Å². The molecule has 0 aliphatic heterocycles. The molecule has 2 unspecified atom stereocenters. The minimum absolute atomic E-state index is 0.892. The maximum absolute atomic E-state index is 2.46. The Labute approximate surface area is 116 Å². The van der Waals surface area contributed by atoms with Crippen LogP contribution in [-0.4, -0.2) is 0 Å². The van der Waals surface area contributed by atoms with Gasteiger partial charge in [-0.25, -0.2) is 0 Å². The molecule has 0 nitrogen and oxygen atoms in total. The van der Waals surface area contributed by atoms with Crippen molar-refractivity contribution in [1.29, 1.82) is 0 Å². The van der Waals surface area contributed by atoms with E-state index in [9.17, 15) is 0 Å². The lowest BCUT2D eigenvalue weighted by atomic mass is 9.70. The molecular formula is C18H36. The summed E-state index contributed by atoms with van der Waals surface area (Å²) in [4.78, 5) is 0. The van der Waals surface area contributed by atoms with Gasteiger partial charge in [-0.1, -0.05) is 85.5 Å². The first-order valence-electron chi connectivity index (χ1n) is 8.69. The lowest BCUT2D eigenvalue weighted by Crippen LogP contribution is -2.25. The monoisotopic (exact) mass is 252 g/mol. The Hall–Kier alpha value is 0. The van der Waals surface area contributed by atoms with Crippen LogP contribution in [0.2, 0.25) is 0 Å². The molecule has 0 aromatic heterocycles. The largest absolute Gasteiger partial charge is 0.0654 e. The van der Waals surface area contributed by atoms with Gasteiger partial charge in [-0.15, -0.1) is 0 Å². The summed E-state index contributed by atoms with van der Waals surface area (Å²) < 4.78 is 0. The summed E-state index contributed by atoms with van der Waals surface area (Å²) in [7, 11) is 0. The summed E-state index contributed by atoms with van der Waals surface area (Å²) in [5.74, 6) is 3.95. The van der Waals surface area contributed by atoms with Gasteiger partial charge < -0.3 is 0 Å². The summed E-state index contributed by atoms with van der Waals surface area (Å²) in [6, 6.07) is 0. The summed E-state index contributed by atoms with van der Waals surface area (Å²) in [5.41, 5.74) is 0. The van der Waals surface area contributed by atoms with Gasteiger partial charge in [0.1, 0.15) is 0 Å². The van der Waals surface area contributed by atoms with E-state index in [1.165, 1.54) is 64.2 Å². The topological polar surface area (TPSA) is 0 Å². The van der Waals surface area contributed by atoms with Crippen LogP contribution in [0.4, 0.5) is 0 Å². The minimum Gasteiger partial charge on any atom is -0.0654 e. The van der Waals surface area contributed by atoms with Crippen molar-refractivity contribution in [1.82, 2.24) is 0 Å². The number of hydrogen-bond donors (Lipinski definition) is 0. The molecule has 0 heterocycles. The van der Waals surface area contributed by atoms with E-state index in [0.717, 1.165) is 23.7 Å².